The Balaban J connectivity index is 1.65. The Bertz CT molecular complexity index is 1100. The predicted octanol–water partition coefficient (Wildman–Crippen LogP) is 4.49. The highest BCUT2D eigenvalue weighted by Crippen LogP contribution is 2.39. The summed E-state index contributed by atoms with van der Waals surface area (Å²) in [6.45, 7) is 4.61. The zero-order chi connectivity index (χ0) is 21.8. The van der Waals surface area contributed by atoms with Crippen LogP contribution in [0.25, 0.3) is 21.1 Å². The SMILES string of the molecule is CC(C)Oc1ccc(-c2nnc(-c3cccc4c3CCC[C@@H]4NCCO)s2)cc1C#N. The summed E-state index contributed by atoms with van der Waals surface area (Å²) < 4.78 is 5.73. The summed E-state index contributed by atoms with van der Waals surface area (Å²) >= 11 is 1.54. The molecular weight excluding hydrogens is 408 g/mol. The molecule has 0 saturated heterocycles. The molecule has 31 heavy (non-hydrogen) atoms. The van der Waals surface area contributed by atoms with Gasteiger partial charge in [0.2, 0.25) is 0 Å². The van der Waals surface area contributed by atoms with Gasteiger partial charge < -0.3 is 15.2 Å². The molecule has 0 spiro atoms. The number of aromatic nitrogens is 2. The maximum Gasteiger partial charge on any atom is 0.148 e. The summed E-state index contributed by atoms with van der Waals surface area (Å²) in [5.41, 5.74) is 5.08. The second-order valence-corrected chi connectivity index (χ2v) is 8.88. The molecule has 0 radical (unpaired) electrons. The molecule has 1 aromatic heterocycles. The number of benzene rings is 2. The minimum atomic E-state index is 0.00559. The van der Waals surface area contributed by atoms with Gasteiger partial charge in [-0.2, -0.15) is 5.26 Å². The van der Waals surface area contributed by atoms with Gasteiger partial charge in [-0.05, 0) is 62.4 Å². The van der Waals surface area contributed by atoms with Gasteiger partial charge in [0.05, 0.1) is 18.3 Å². The molecule has 0 fully saturated rings. The highest BCUT2D eigenvalue weighted by molar-refractivity contribution is 7.17. The van der Waals surface area contributed by atoms with E-state index in [0.717, 1.165) is 40.4 Å². The van der Waals surface area contributed by atoms with Crippen molar-refractivity contribution in [3.05, 3.63) is 53.1 Å². The quantitative estimate of drug-likeness (QED) is 0.569. The van der Waals surface area contributed by atoms with Crippen molar-refractivity contribution in [1.82, 2.24) is 15.5 Å². The molecule has 6 nitrogen and oxygen atoms in total. The molecule has 160 valence electrons. The molecule has 1 heterocycles. The molecule has 0 unspecified atom stereocenters. The highest BCUT2D eigenvalue weighted by Gasteiger charge is 2.23. The molecule has 1 aliphatic carbocycles. The second kappa shape index (κ2) is 9.56. The Morgan fingerprint density at radius 2 is 2.10 bits per heavy atom. The summed E-state index contributed by atoms with van der Waals surface area (Å²) in [5, 5.41) is 32.7. The summed E-state index contributed by atoms with van der Waals surface area (Å²) in [6, 6.07) is 14.4. The first kappa shape index (κ1) is 21.4. The zero-order valence-electron chi connectivity index (χ0n) is 17.8. The number of nitrogens with one attached hydrogen (secondary N) is 1. The third-order valence-electron chi connectivity index (χ3n) is 5.37. The molecule has 0 saturated carbocycles. The lowest BCUT2D eigenvalue weighted by atomic mass is 9.85. The van der Waals surface area contributed by atoms with Gasteiger partial charge in [-0.25, -0.2) is 0 Å². The van der Waals surface area contributed by atoms with Crippen LogP contribution in [0.5, 0.6) is 5.75 Å². The molecule has 0 bridgehead atoms. The number of aliphatic hydroxyl groups excluding tert-OH is 1. The van der Waals surface area contributed by atoms with Crippen LogP contribution in [0.2, 0.25) is 0 Å². The van der Waals surface area contributed by atoms with Crippen LogP contribution >= 0.6 is 11.3 Å². The van der Waals surface area contributed by atoms with Crippen molar-refractivity contribution in [2.24, 2.45) is 0 Å². The molecule has 0 aliphatic heterocycles. The van der Waals surface area contributed by atoms with E-state index >= 15 is 0 Å². The van der Waals surface area contributed by atoms with E-state index in [1.165, 1.54) is 22.5 Å². The fourth-order valence-corrected chi connectivity index (χ4v) is 4.95. The van der Waals surface area contributed by atoms with Crippen LogP contribution in [0.4, 0.5) is 0 Å². The van der Waals surface area contributed by atoms with Gasteiger partial charge in [-0.1, -0.05) is 29.5 Å². The fourth-order valence-electron chi connectivity index (χ4n) is 4.06. The van der Waals surface area contributed by atoms with Gasteiger partial charge in [0.15, 0.2) is 0 Å². The molecule has 4 rings (SSSR count). The van der Waals surface area contributed by atoms with E-state index in [-0.39, 0.29) is 18.8 Å². The largest absolute Gasteiger partial charge is 0.490 e. The molecule has 2 N–H and O–H groups in total. The number of hydrogen-bond donors (Lipinski definition) is 2. The number of hydrogen-bond acceptors (Lipinski definition) is 7. The van der Waals surface area contributed by atoms with Crippen LogP contribution in [0.3, 0.4) is 0 Å². The standard InChI is InChI=1S/C24H26N4O2S/c1-15(2)30-22-10-9-16(13-17(22)14-25)23-27-28-24(31-23)20-7-3-6-19-18(20)5-4-8-21(19)26-11-12-29/h3,6-7,9-10,13,15,21,26,29H,4-5,8,11-12H2,1-2H3/t21-/m0/s1. The monoisotopic (exact) mass is 434 g/mol. The molecule has 0 amide bonds. The van der Waals surface area contributed by atoms with Gasteiger partial charge >= 0.3 is 0 Å². The van der Waals surface area contributed by atoms with Crippen LogP contribution in [-0.4, -0.2) is 34.6 Å². The molecule has 3 aromatic rings. The zero-order valence-corrected chi connectivity index (χ0v) is 18.6. The highest BCUT2D eigenvalue weighted by atomic mass is 32.1. The maximum atomic E-state index is 9.52. The van der Waals surface area contributed by atoms with Crippen molar-refractivity contribution < 1.29 is 9.84 Å². The number of ether oxygens (including phenoxy) is 1. The lowest BCUT2D eigenvalue weighted by molar-refractivity contribution is 0.242. The van der Waals surface area contributed by atoms with Crippen molar-refractivity contribution in [3.63, 3.8) is 0 Å². The number of aliphatic hydroxyl groups is 1. The third kappa shape index (κ3) is 4.62. The van der Waals surface area contributed by atoms with Gasteiger partial charge in [-0.3, -0.25) is 0 Å². The van der Waals surface area contributed by atoms with Crippen molar-refractivity contribution in [1.29, 1.82) is 5.26 Å². The fraction of sp³-hybridized carbons (Fsp3) is 0.375. The van der Waals surface area contributed by atoms with Crippen LogP contribution in [0.1, 0.15) is 49.4 Å². The van der Waals surface area contributed by atoms with Gasteiger partial charge in [0, 0.05) is 23.7 Å². The first-order valence-corrected chi connectivity index (χ1v) is 11.4. The molecular formula is C24H26N4O2S. The van der Waals surface area contributed by atoms with E-state index in [1.807, 2.05) is 32.0 Å². The van der Waals surface area contributed by atoms with E-state index in [1.54, 1.807) is 0 Å². The average molecular weight is 435 g/mol. The summed E-state index contributed by atoms with van der Waals surface area (Å²) in [4.78, 5) is 0. The van der Waals surface area contributed by atoms with Crippen LogP contribution < -0.4 is 10.1 Å². The van der Waals surface area contributed by atoms with E-state index in [0.29, 0.717) is 17.9 Å². The van der Waals surface area contributed by atoms with Crippen LogP contribution in [-0.2, 0) is 6.42 Å². The lowest BCUT2D eigenvalue weighted by Gasteiger charge is -2.27. The van der Waals surface area contributed by atoms with Crippen molar-refractivity contribution in [3.8, 4) is 33.0 Å². The van der Waals surface area contributed by atoms with Crippen molar-refractivity contribution in [2.45, 2.75) is 45.3 Å². The van der Waals surface area contributed by atoms with E-state index in [9.17, 15) is 10.4 Å². The van der Waals surface area contributed by atoms with E-state index in [2.05, 4.69) is 39.8 Å². The third-order valence-corrected chi connectivity index (χ3v) is 6.38. The Morgan fingerprint density at radius 1 is 1.26 bits per heavy atom. The van der Waals surface area contributed by atoms with Gasteiger partial charge in [-0.15, -0.1) is 10.2 Å². The molecule has 1 atom stereocenters. The second-order valence-electron chi connectivity index (χ2n) is 7.90. The van der Waals surface area contributed by atoms with E-state index in [4.69, 9.17) is 4.74 Å². The average Bonchev–Trinajstić information content (AvgIpc) is 3.27. The first-order chi connectivity index (χ1) is 15.1. The van der Waals surface area contributed by atoms with Crippen LogP contribution in [0.15, 0.2) is 36.4 Å². The Labute approximate surface area is 186 Å². The number of fused-ring (bicyclic) bond motifs is 1. The normalized spacial score (nSPS) is 15.5. The number of rotatable bonds is 7. The Morgan fingerprint density at radius 3 is 2.87 bits per heavy atom. The molecule has 7 heteroatoms. The molecule has 1 aliphatic rings. The van der Waals surface area contributed by atoms with Crippen molar-refractivity contribution >= 4 is 11.3 Å². The topological polar surface area (TPSA) is 91.1 Å². The number of nitrogens with zero attached hydrogens (tertiary/aromatic N) is 3. The van der Waals surface area contributed by atoms with Gasteiger partial charge in [0.1, 0.15) is 21.8 Å². The van der Waals surface area contributed by atoms with E-state index < -0.39 is 0 Å². The maximum absolute atomic E-state index is 9.52. The van der Waals surface area contributed by atoms with Crippen LogP contribution in [0, 0.1) is 11.3 Å². The number of nitriles is 1. The molecule has 2 aromatic carbocycles. The summed E-state index contributed by atoms with van der Waals surface area (Å²) in [7, 11) is 0. The smallest absolute Gasteiger partial charge is 0.148 e. The first-order valence-electron chi connectivity index (χ1n) is 10.6. The van der Waals surface area contributed by atoms with Gasteiger partial charge in [0.25, 0.3) is 0 Å². The lowest BCUT2D eigenvalue weighted by Crippen LogP contribution is -2.27. The summed E-state index contributed by atoms with van der Waals surface area (Å²) in [6.07, 6.45) is 3.18. The summed E-state index contributed by atoms with van der Waals surface area (Å²) in [5.74, 6) is 0.588. The Hall–Kier alpha value is -2.79. The van der Waals surface area contributed by atoms with Crippen molar-refractivity contribution in [2.75, 3.05) is 13.2 Å². The minimum absolute atomic E-state index is 0.00559. The predicted molar refractivity (Wildman–Crippen MR) is 122 cm³/mol. The Kier molecular flexibility index (Phi) is 6.62. The minimum Gasteiger partial charge on any atom is -0.490 e.